The predicted octanol–water partition coefficient (Wildman–Crippen LogP) is 2.12. The zero-order valence-corrected chi connectivity index (χ0v) is 14.9. The summed E-state index contributed by atoms with van der Waals surface area (Å²) in [5.41, 5.74) is 1.67. The van der Waals surface area contributed by atoms with Gasteiger partial charge in [-0.1, -0.05) is 6.07 Å². The Labute approximate surface area is 156 Å². The third-order valence-corrected chi connectivity index (χ3v) is 4.57. The summed E-state index contributed by atoms with van der Waals surface area (Å²) in [4.78, 5) is 45.9. The maximum atomic E-state index is 12.8. The lowest BCUT2D eigenvalue weighted by Crippen LogP contribution is -2.48. The van der Waals surface area contributed by atoms with Crippen molar-refractivity contribution in [3.05, 3.63) is 53.6 Å². The number of aryl methyl sites for hydroxylation is 1. The molecule has 1 aromatic heterocycles. The molecule has 2 heterocycles. The standard InChI is InChI=1S/C19H20N4O4/c1-12-15(10-20-11-21-12)17(24)22-14-6-4-5-13(9-14)18(25)23-8-3-2-7-16(23)19(26)27/h4-6,9-11,16H,2-3,7-8H2,1H3,(H,22,24)(H,26,27). The summed E-state index contributed by atoms with van der Waals surface area (Å²) in [5.74, 6) is -1.72. The highest BCUT2D eigenvalue weighted by atomic mass is 16.4. The summed E-state index contributed by atoms with van der Waals surface area (Å²) in [6.07, 6.45) is 4.81. The lowest BCUT2D eigenvalue weighted by Gasteiger charge is -2.33. The molecule has 2 amide bonds. The molecular weight excluding hydrogens is 348 g/mol. The number of anilines is 1. The summed E-state index contributed by atoms with van der Waals surface area (Å²) in [5, 5.41) is 12.1. The molecule has 2 aromatic rings. The van der Waals surface area contributed by atoms with E-state index in [-0.39, 0.29) is 11.8 Å². The number of hydrogen-bond acceptors (Lipinski definition) is 5. The molecule has 1 fully saturated rings. The number of amides is 2. The minimum Gasteiger partial charge on any atom is -0.480 e. The van der Waals surface area contributed by atoms with Crippen LogP contribution in [0.4, 0.5) is 5.69 Å². The number of carboxylic acid groups (broad SMARTS) is 1. The molecule has 2 N–H and O–H groups in total. The van der Waals surface area contributed by atoms with Crippen LogP contribution in [0.15, 0.2) is 36.8 Å². The molecule has 8 heteroatoms. The third kappa shape index (κ3) is 4.11. The molecule has 1 aromatic carbocycles. The van der Waals surface area contributed by atoms with Gasteiger partial charge < -0.3 is 15.3 Å². The van der Waals surface area contributed by atoms with Gasteiger partial charge >= 0.3 is 5.97 Å². The molecule has 3 rings (SSSR count). The number of likely N-dealkylation sites (tertiary alicyclic amines) is 1. The Bertz CT molecular complexity index is 884. The van der Waals surface area contributed by atoms with Crippen LogP contribution < -0.4 is 5.32 Å². The number of benzene rings is 1. The van der Waals surface area contributed by atoms with E-state index in [9.17, 15) is 19.5 Å². The van der Waals surface area contributed by atoms with Crippen LogP contribution in [0.25, 0.3) is 0 Å². The van der Waals surface area contributed by atoms with Gasteiger partial charge in [-0.05, 0) is 44.4 Å². The van der Waals surface area contributed by atoms with E-state index in [1.807, 2.05) is 0 Å². The van der Waals surface area contributed by atoms with Crippen molar-refractivity contribution in [3.63, 3.8) is 0 Å². The fourth-order valence-electron chi connectivity index (χ4n) is 3.14. The van der Waals surface area contributed by atoms with E-state index in [0.29, 0.717) is 35.5 Å². The number of carboxylic acids is 1. The van der Waals surface area contributed by atoms with Crippen LogP contribution in [0.3, 0.4) is 0 Å². The first-order chi connectivity index (χ1) is 13.0. The highest BCUT2D eigenvalue weighted by Gasteiger charge is 2.32. The number of carbonyl (C=O) groups excluding carboxylic acids is 2. The van der Waals surface area contributed by atoms with Gasteiger partial charge in [0, 0.05) is 24.0 Å². The quantitative estimate of drug-likeness (QED) is 0.855. The van der Waals surface area contributed by atoms with Crippen molar-refractivity contribution in [2.24, 2.45) is 0 Å². The zero-order chi connectivity index (χ0) is 19.4. The Morgan fingerprint density at radius 2 is 2.07 bits per heavy atom. The molecule has 140 valence electrons. The second-order valence-corrected chi connectivity index (χ2v) is 6.41. The smallest absolute Gasteiger partial charge is 0.326 e. The molecule has 1 unspecified atom stereocenters. The van der Waals surface area contributed by atoms with Gasteiger partial charge in [0.15, 0.2) is 0 Å². The first-order valence-electron chi connectivity index (χ1n) is 8.69. The zero-order valence-electron chi connectivity index (χ0n) is 14.9. The number of carbonyl (C=O) groups is 3. The fraction of sp³-hybridized carbons (Fsp3) is 0.316. The van der Waals surface area contributed by atoms with Crippen molar-refractivity contribution in [2.45, 2.75) is 32.2 Å². The van der Waals surface area contributed by atoms with Crippen molar-refractivity contribution in [3.8, 4) is 0 Å². The Morgan fingerprint density at radius 1 is 1.26 bits per heavy atom. The molecule has 8 nitrogen and oxygen atoms in total. The molecular formula is C19H20N4O4. The molecule has 0 saturated carbocycles. The van der Waals surface area contributed by atoms with Crippen LogP contribution in [0.5, 0.6) is 0 Å². The molecule has 1 atom stereocenters. The van der Waals surface area contributed by atoms with E-state index in [2.05, 4.69) is 15.3 Å². The van der Waals surface area contributed by atoms with Crippen molar-refractivity contribution in [2.75, 3.05) is 11.9 Å². The first-order valence-corrected chi connectivity index (χ1v) is 8.69. The minimum atomic E-state index is -0.993. The Morgan fingerprint density at radius 3 is 2.81 bits per heavy atom. The average Bonchev–Trinajstić information content (AvgIpc) is 2.68. The Kier molecular flexibility index (Phi) is 5.44. The average molecular weight is 368 g/mol. The van der Waals surface area contributed by atoms with E-state index in [1.165, 1.54) is 17.4 Å². The van der Waals surface area contributed by atoms with Crippen molar-refractivity contribution in [1.29, 1.82) is 0 Å². The monoisotopic (exact) mass is 368 g/mol. The van der Waals surface area contributed by atoms with Crippen molar-refractivity contribution >= 4 is 23.5 Å². The van der Waals surface area contributed by atoms with Crippen molar-refractivity contribution < 1.29 is 19.5 Å². The molecule has 1 saturated heterocycles. The number of aliphatic carboxylic acids is 1. The number of nitrogens with zero attached hydrogens (tertiary/aromatic N) is 3. The van der Waals surface area contributed by atoms with Crippen molar-refractivity contribution in [1.82, 2.24) is 14.9 Å². The maximum Gasteiger partial charge on any atom is 0.326 e. The second-order valence-electron chi connectivity index (χ2n) is 6.41. The molecule has 0 bridgehead atoms. The molecule has 27 heavy (non-hydrogen) atoms. The van der Waals surface area contributed by atoms with E-state index in [4.69, 9.17) is 0 Å². The highest BCUT2D eigenvalue weighted by Crippen LogP contribution is 2.21. The van der Waals surface area contributed by atoms with E-state index < -0.39 is 12.0 Å². The number of aromatic nitrogens is 2. The van der Waals surface area contributed by atoms with Crippen LogP contribution in [0, 0.1) is 6.92 Å². The van der Waals surface area contributed by atoms with Gasteiger partial charge in [-0.15, -0.1) is 0 Å². The molecule has 0 aliphatic carbocycles. The van der Waals surface area contributed by atoms with Gasteiger partial charge in [0.1, 0.15) is 12.4 Å². The maximum absolute atomic E-state index is 12.8. The van der Waals surface area contributed by atoms with Crippen LogP contribution in [0.2, 0.25) is 0 Å². The number of hydrogen-bond donors (Lipinski definition) is 2. The fourth-order valence-corrected chi connectivity index (χ4v) is 3.14. The summed E-state index contributed by atoms with van der Waals surface area (Å²) >= 11 is 0. The summed E-state index contributed by atoms with van der Waals surface area (Å²) in [7, 11) is 0. The number of nitrogens with one attached hydrogen (secondary N) is 1. The van der Waals surface area contributed by atoms with Crippen LogP contribution >= 0.6 is 0 Å². The number of rotatable bonds is 4. The second kappa shape index (κ2) is 7.94. The summed E-state index contributed by atoms with van der Waals surface area (Å²) in [6, 6.07) is 5.67. The Balaban J connectivity index is 1.79. The molecule has 0 radical (unpaired) electrons. The van der Waals surface area contributed by atoms with E-state index >= 15 is 0 Å². The minimum absolute atomic E-state index is 0.335. The molecule has 1 aliphatic heterocycles. The van der Waals surface area contributed by atoms with E-state index in [0.717, 1.165) is 12.8 Å². The van der Waals surface area contributed by atoms with Gasteiger partial charge in [0.25, 0.3) is 11.8 Å². The van der Waals surface area contributed by atoms with Gasteiger partial charge in [-0.2, -0.15) is 0 Å². The lowest BCUT2D eigenvalue weighted by atomic mass is 10.0. The lowest BCUT2D eigenvalue weighted by molar-refractivity contribution is -0.143. The van der Waals surface area contributed by atoms with Crippen LogP contribution in [-0.2, 0) is 4.79 Å². The molecule has 0 spiro atoms. The predicted molar refractivity (Wildman–Crippen MR) is 97.5 cm³/mol. The largest absolute Gasteiger partial charge is 0.480 e. The summed E-state index contributed by atoms with van der Waals surface area (Å²) < 4.78 is 0. The summed E-state index contributed by atoms with van der Waals surface area (Å²) in [6.45, 7) is 2.12. The number of piperidine rings is 1. The van der Waals surface area contributed by atoms with Crippen LogP contribution in [-0.4, -0.2) is 50.3 Å². The van der Waals surface area contributed by atoms with Crippen LogP contribution in [0.1, 0.15) is 45.7 Å². The Hall–Kier alpha value is -3.29. The first kappa shape index (κ1) is 18.5. The SMILES string of the molecule is Cc1ncncc1C(=O)Nc1cccc(C(=O)N2CCCCC2C(=O)O)c1. The van der Waals surface area contributed by atoms with E-state index in [1.54, 1.807) is 31.2 Å². The highest BCUT2D eigenvalue weighted by molar-refractivity contribution is 6.05. The topological polar surface area (TPSA) is 112 Å². The van der Waals surface area contributed by atoms with Gasteiger partial charge in [-0.3, -0.25) is 9.59 Å². The van der Waals surface area contributed by atoms with Gasteiger partial charge in [0.2, 0.25) is 0 Å². The molecule has 1 aliphatic rings. The van der Waals surface area contributed by atoms with Gasteiger partial charge in [-0.25, -0.2) is 14.8 Å². The van der Waals surface area contributed by atoms with Gasteiger partial charge in [0.05, 0.1) is 11.3 Å². The third-order valence-electron chi connectivity index (χ3n) is 4.57. The normalized spacial score (nSPS) is 16.6.